The van der Waals surface area contributed by atoms with Gasteiger partial charge in [-0.2, -0.15) is 0 Å². The maximum absolute atomic E-state index is 13.3. The number of hydrogen-bond donors (Lipinski definition) is 2. The summed E-state index contributed by atoms with van der Waals surface area (Å²) < 4.78 is 26.4. The van der Waals surface area contributed by atoms with Crippen molar-refractivity contribution < 1.29 is 23.5 Å². The molecule has 1 fully saturated rings. The van der Waals surface area contributed by atoms with E-state index in [2.05, 4.69) is 5.32 Å². The quantitative estimate of drug-likeness (QED) is 0.901. The molecule has 0 aromatic heterocycles. The molecule has 1 aromatic rings. The normalized spacial score (nSPS) is 19.1. The lowest BCUT2D eigenvalue weighted by molar-refractivity contribution is 0.0690. The van der Waals surface area contributed by atoms with Crippen molar-refractivity contribution in [3.05, 3.63) is 34.9 Å². The van der Waals surface area contributed by atoms with Gasteiger partial charge in [-0.25, -0.2) is 13.6 Å². The monoisotopic (exact) mass is 297 g/mol. The molecule has 0 atom stereocenters. The van der Waals surface area contributed by atoms with E-state index < -0.39 is 29.1 Å². The third-order valence-corrected chi connectivity index (χ3v) is 4.83. The Kier molecular flexibility index (Phi) is 3.31. The summed E-state index contributed by atoms with van der Waals surface area (Å²) in [6.45, 7) is 7.89. The van der Waals surface area contributed by atoms with E-state index >= 15 is 0 Å². The van der Waals surface area contributed by atoms with Gasteiger partial charge in [0.2, 0.25) is 0 Å². The second kappa shape index (κ2) is 4.51. The summed E-state index contributed by atoms with van der Waals surface area (Å²) in [5, 5.41) is 11.7. The van der Waals surface area contributed by atoms with Crippen LogP contribution in [0.3, 0.4) is 0 Å². The lowest BCUT2D eigenvalue weighted by Crippen LogP contribution is -2.31. The molecule has 0 saturated heterocycles. The van der Waals surface area contributed by atoms with Gasteiger partial charge in [-0.1, -0.05) is 27.7 Å². The summed E-state index contributed by atoms with van der Waals surface area (Å²) in [7, 11) is 0. The fraction of sp³-hybridized carbons (Fsp3) is 0.467. The molecule has 6 heteroatoms. The number of carboxylic acids is 1. The molecule has 2 rings (SSSR count). The fourth-order valence-electron chi connectivity index (χ4n) is 2.68. The number of halogens is 2. The lowest BCUT2D eigenvalue weighted by atomic mass is 10.0. The Bertz CT molecular complexity index is 624. The van der Waals surface area contributed by atoms with Crippen LogP contribution in [0, 0.1) is 22.5 Å². The van der Waals surface area contributed by atoms with Gasteiger partial charge in [0.1, 0.15) is 0 Å². The van der Waals surface area contributed by atoms with Crippen LogP contribution in [0.4, 0.5) is 8.78 Å². The van der Waals surface area contributed by atoms with Crippen LogP contribution in [0.15, 0.2) is 12.1 Å². The van der Waals surface area contributed by atoms with Crippen molar-refractivity contribution in [1.29, 1.82) is 0 Å². The predicted molar refractivity (Wildman–Crippen MR) is 72.1 cm³/mol. The number of aromatic carboxylic acids is 1. The van der Waals surface area contributed by atoms with Gasteiger partial charge in [0, 0.05) is 6.04 Å². The molecular weight excluding hydrogens is 280 g/mol. The first-order valence-corrected chi connectivity index (χ1v) is 6.53. The van der Waals surface area contributed by atoms with E-state index in [4.69, 9.17) is 5.11 Å². The van der Waals surface area contributed by atoms with Crippen LogP contribution in [-0.4, -0.2) is 23.0 Å². The minimum absolute atomic E-state index is 0.148. The second-order valence-corrected chi connectivity index (χ2v) is 6.47. The molecule has 4 nitrogen and oxygen atoms in total. The van der Waals surface area contributed by atoms with Gasteiger partial charge in [0.15, 0.2) is 11.6 Å². The highest BCUT2D eigenvalue weighted by atomic mass is 19.2. The number of hydrogen-bond acceptors (Lipinski definition) is 2. The van der Waals surface area contributed by atoms with E-state index in [1.807, 2.05) is 27.7 Å². The molecule has 114 valence electrons. The van der Waals surface area contributed by atoms with Crippen LogP contribution >= 0.6 is 0 Å². The van der Waals surface area contributed by atoms with E-state index in [1.54, 1.807) is 0 Å². The summed E-state index contributed by atoms with van der Waals surface area (Å²) in [5.74, 6) is -4.74. The Morgan fingerprint density at radius 1 is 1.05 bits per heavy atom. The molecule has 2 N–H and O–H groups in total. The Hall–Kier alpha value is -1.98. The van der Waals surface area contributed by atoms with Crippen LogP contribution in [0.2, 0.25) is 0 Å². The number of benzene rings is 1. The van der Waals surface area contributed by atoms with Gasteiger partial charge in [-0.05, 0) is 23.0 Å². The van der Waals surface area contributed by atoms with E-state index in [-0.39, 0.29) is 22.4 Å². The fourth-order valence-corrected chi connectivity index (χ4v) is 2.68. The predicted octanol–water partition coefficient (Wildman–Crippen LogP) is 2.83. The van der Waals surface area contributed by atoms with E-state index in [9.17, 15) is 18.4 Å². The van der Waals surface area contributed by atoms with E-state index in [1.165, 1.54) is 0 Å². The van der Waals surface area contributed by atoms with Crippen LogP contribution in [0.5, 0.6) is 0 Å². The smallest absolute Gasteiger partial charge is 0.336 e. The van der Waals surface area contributed by atoms with Gasteiger partial charge in [0.05, 0.1) is 11.1 Å². The second-order valence-electron chi connectivity index (χ2n) is 6.47. The zero-order chi connectivity index (χ0) is 16.2. The number of rotatable bonds is 3. The average Bonchev–Trinajstić information content (AvgIpc) is 2.74. The number of amides is 1. The number of nitrogens with one attached hydrogen (secondary N) is 1. The Morgan fingerprint density at radius 2 is 1.48 bits per heavy atom. The Labute approximate surface area is 121 Å². The zero-order valence-electron chi connectivity index (χ0n) is 12.3. The third-order valence-electron chi connectivity index (χ3n) is 4.83. The highest BCUT2D eigenvalue weighted by Gasteiger charge is 2.65. The molecule has 0 heterocycles. The van der Waals surface area contributed by atoms with Gasteiger partial charge in [-0.15, -0.1) is 0 Å². The third kappa shape index (κ3) is 2.28. The molecule has 1 aliphatic rings. The summed E-state index contributed by atoms with van der Waals surface area (Å²) in [6, 6.07) is 0.985. The van der Waals surface area contributed by atoms with Crippen LogP contribution in [0.1, 0.15) is 48.4 Å². The van der Waals surface area contributed by atoms with E-state index in [0.29, 0.717) is 12.1 Å². The molecule has 1 amide bonds. The molecule has 0 bridgehead atoms. The minimum atomic E-state index is -1.48. The van der Waals surface area contributed by atoms with E-state index in [0.717, 1.165) is 0 Å². The van der Waals surface area contributed by atoms with Gasteiger partial charge >= 0.3 is 5.97 Å². The minimum Gasteiger partial charge on any atom is -0.478 e. The molecule has 21 heavy (non-hydrogen) atoms. The Morgan fingerprint density at radius 3 is 1.86 bits per heavy atom. The lowest BCUT2D eigenvalue weighted by Gasteiger charge is -2.10. The summed E-state index contributed by atoms with van der Waals surface area (Å²) >= 11 is 0. The van der Waals surface area contributed by atoms with Crippen molar-refractivity contribution >= 4 is 11.9 Å². The summed E-state index contributed by atoms with van der Waals surface area (Å²) in [4.78, 5) is 23.3. The van der Waals surface area contributed by atoms with Crippen LogP contribution < -0.4 is 5.32 Å². The first kappa shape index (κ1) is 15.4. The van der Waals surface area contributed by atoms with Crippen LogP contribution in [-0.2, 0) is 0 Å². The highest BCUT2D eigenvalue weighted by molar-refractivity contribution is 6.05. The number of carbonyl (C=O) groups excluding carboxylic acids is 1. The molecule has 1 aliphatic carbocycles. The number of carbonyl (C=O) groups is 2. The van der Waals surface area contributed by atoms with Crippen molar-refractivity contribution in [3.63, 3.8) is 0 Å². The maximum atomic E-state index is 13.3. The molecule has 1 aromatic carbocycles. The molecule has 0 radical (unpaired) electrons. The van der Waals surface area contributed by atoms with Gasteiger partial charge in [-0.3, -0.25) is 4.79 Å². The Balaban J connectivity index is 2.33. The van der Waals surface area contributed by atoms with Crippen molar-refractivity contribution in [3.8, 4) is 0 Å². The number of carboxylic acid groups (broad SMARTS) is 1. The van der Waals surface area contributed by atoms with Crippen molar-refractivity contribution in [2.45, 2.75) is 33.7 Å². The zero-order valence-corrected chi connectivity index (χ0v) is 12.3. The molecule has 1 saturated carbocycles. The molecular formula is C15H17F2NO3. The molecule has 0 aliphatic heterocycles. The largest absolute Gasteiger partial charge is 0.478 e. The van der Waals surface area contributed by atoms with Crippen molar-refractivity contribution in [1.82, 2.24) is 5.32 Å². The standard InChI is InChI=1S/C15H17F2NO3/c1-14(2)13(15(14,3)4)18-11(19)7-5-9(16)10(17)6-8(7)12(20)21/h5-6,13H,1-4H3,(H,18,19)(H,20,21). The van der Waals surface area contributed by atoms with Crippen LogP contribution in [0.25, 0.3) is 0 Å². The van der Waals surface area contributed by atoms with Gasteiger partial charge < -0.3 is 10.4 Å². The maximum Gasteiger partial charge on any atom is 0.336 e. The average molecular weight is 297 g/mol. The SMILES string of the molecule is CC1(C)C(NC(=O)c2cc(F)c(F)cc2C(=O)O)C1(C)C. The molecule has 0 spiro atoms. The van der Waals surface area contributed by atoms with Crippen molar-refractivity contribution in [2.24, 2.45) is 10.8 Å². The summed E-state index contributed by atoms with van der Waals surface area (Å²) in [5.41, 5.74) is -1.22. The highest BCUT2D eigenvalue weighted by Crippen LogP contribution is 2.62. The topological polar surface area (TPSA) is 66.4 Å². The van der Waals surface area contributed by atoms with Crippen molar-refractivity contribution in [2.75, 3.05) is 0 Å². The first-order chi connectivity index (χ1) is 9.50. The first-order valence-electron chi connectivity index (χ1n) is 6.53. The molecule has 0 unspecified atom stereocenters. The van der Waals surface area contributed by atoms with Gasteiger partial charge in [0.25, 0.3) is 5.91 Å². The summed E-state index contributed by atoms with van der Waals surface area (Å²) in [6.07, 6.45) is 0.